The molecule has 100 valence electrons. The summed E-state index contributed by atoms with van der Waals surface area (Å²) in [5.41, 5.74) is 1.90. The van der Waals surface area contributed by atoms with E-state index < -0.39 is 5.41 Å². The van der Waals surface area contributed by atoms with Crippen molar-refractivity contribution in [2.45, 2.75) is 51.0 Å². The summed E-state index contributed by atoms with van der Waals surface area (Å²) >= 11 is 0. The second-order valence-corrected chi connectivity index (χ2v) is 6.74. The summed E-state index contributed by atoms with van der Waals surface area (Å²) < 4.78 is 0. The lowest BCUT2D eigenvalue weighted by atomic mass is 9.86. The van der Waals surface area contributed by atoms with Crippen molar-refractivity contribution < 1.29 is 0 Å². The third-order valence-electron chi connectivity index (χ3n) is 4.98. The molecule has 2 nitrogen and oxygen atoms in total. The van der Waals surface area contributed by atoms with Crippen molar-refractivity contribution in [3.05, 3.63) is 29.8 Å². The number of nitriles is 1. The molecule has 2 saturated carbocycles. The lowest BCUT2D eigenvalue weighted by Gasteiger charge is -2.24. The molecule has 2 fully saturated rings. The van der Waals surface area contributed by atoms with Gasteiger partial charge in [0.25, 0.3) is 0 Å². The number of anilines is 1. The van der Waals surface area contributed by atoms with Gasteiger partial charge in [0.2, 0.25) is 0 Å². The summed E-state index contributed by atoms with van der Waals surface area (Å²) in [6.07, 6.45) is 5.62. The first-order valence-electron chi connectivity index (χ1n) is 7.37. The highest BCUT2D eigenvalue weighted by Crippen LogP contribution is 2.45. The first-order chi connectivity index (χ1) is 9.08. The zero-order valence-corrected chi connectivity index (χ0v) is 11.8. The second-order valence-electron chi connectivity index (χ2n) is 6.74. The van der Waals surface area contributed by atoms with Crippen molar-refractivity contribution in [2.75, 3.05) is 5.32 Å². The first kappa shape index (κ1) is 12.5. The van der Waals surface area contributed by atoms with Crippen LogP contribution in [0.15, 0.2) is 24.3 Å². The molecule has 0 amide bonds. The molecule has 0 spiro atoms. The minimum Gasteiger partial charge on any atom is -0.382 e. The maximum absolute atomic E-state index is 9.15. The van der Waals surface area contributed by atoms with Crippen LogP contribution in [0.2, 0.25) is 0 Å². The summed E-state index contributed by atoms with van der Waals surface area (Å²) in [5, 5.41) is 12.8. The number of nitrogens with one attached hydrogen (secondary N) is 1. The molecule has 2 aliphatic carbocycles. The summed E-state index contributed by atoms with van der Waals surface area (Å²) in [4.78, 5) is 0. The van der Waals surface area contributed by atoms with Crippen molar-refractivity contribution >= 4 is 5.69 Å². The number of rotatable bonds is 3. The fourth-order valence-electron chi connectivity index (χ4n) is 3.68. The maximum atomic E-state index is 9.15. The molecule has 3 atom stereocenters. The van der Waals surface area contributed by atoms with Gasteiger partial charge in [0, 0.05) is 11.7 Å². The van der Waals surface area contributed by atoms with Gasteiger partial charge in [-0.05, 0) is 62.6 Å². The molecule has 3 rings (SSSR count). The van der Waals surface area contributed by atoms with Gasteiger partial charge in [0.05, 0.1) is 11.5 Å². The van der Waals surface area contributed by atoms with E-state index >= 15 is 0 Å². The summed E-state index contributed by atoms with van der Waals surface area (Å²) in [6.45, 7) is 3.93. The zero-order chi connectivity index (χ0) is 13.5. The van der Waals surface area contributed by atoms with Gasteiger partial charge in [-0.25, -0.2) is 0 Å². The minimum atomic E-state index is -0.398. The summed E-state index contributed by atoms with van der Waals surface area (Å²) in [5.74, 6) is 1.86. The van der Waals surface area contributed by atoms with E-state index in [1.165, 1.54) is 31.4 Å². The summed E-state index contributed by atoms with van der Waals surface area (Å²) in [6, 6.07) is 11.4. The Hall–Kier alpha value is -1.49. The topological polar surface area (TPSA) is 35.8 Å². The lowest BCUT2D eigenvalue weighted by Crippen LogP contribution is -2.25. The van der Waals surface area contributed by atoms with Gasteiger partial charge in [-0.15, -0.1) is 0 Å². The third-order valence-corrected chi connectivity index (χ3v) is 4.98. The fraction of sp³-hybridized carbons (Fsp3) is 0.588. The molecular formula is C17H22N2. The molecule has 1 aromatic carbocycles. The molecule has 0 aromatic heterocycles. The molecule has 0 heterocycles. The van der Waals surface area contributed by atoms with E-state index in [9.17, 15) is 0 Å². The smallest absolute Gasteiger partial charge is 0.0766 e. The zero-order valence-electron chi connectivity index (χ0n) is 11.8. The van der Waals surface area contributed by atoms with E-state index in [-0.39, 0.29) is 0 Å². The van der Waals surface area contributed by atoms with Crippen LogP contribution in [-0.4, -0.2) is 6.04 Å². The molecule has 1 N–H and O–H groups in total. The highest BCUT2D eigenvalue weighted by molar-refractivity contribution is 5.48. The van der Waals surface area contributed by atoms with Gasteiger partial charge in [-0.3, -0.25) is 0 Å². The molecule has 0 radical (unpaired) electrons. The normalized spacial score (nSPS) is 29.2. The van der Waals surface area contributed by atoms with Crippen molar-refractivity contribution in [3.8, 4) is 6.07 Å². The van der Waals surface area contributed by atoms with E-state index in [4.69, 9.17) is 5.26 Å². The molecule has 2 heteroatoms. The SMILES string of the molecule is CC(C)(C#N)c1ccc(NC2CC3CCC2C3)cc1. The Kier molecular flexibility index (Phi) is 3.01. The highest BCUT2D eigenvalue weighted by Gasteiger charge is 2.39. The number of hydrogen-bond acceptors (Lipinski definition) is 2. The third kappa shape index (κ3) is 2.34. The number of hydrogen-bond donors (Lipinski definition) is 1. The van der Waals surface area contributed by atoms with Gasteiger partial charge in [0.15, 0.2) is 0 Å². The summed E-state index contributed by atoms with van der Waals surface area (Å²) in [7, 11) is 0. The quantitative estimate of drug-likeness (QED) is 0.882. The van der Waals surface area contributed by atoms with E-state index in [1.807, 2.05) is 13.8 Å². The largest absolute Gasteiger partial charge is 0.382 e. The lowest BCUT2D eigenvalue weighted by molar-refractivity contribution is 0.440. The average Bonchev–Trinajstić information content (AvgIpc) is 3.02. The molecule has 2 aliphatic rings. The number of nitrogens with zero attached hydrogens (tertiary/aromatic N) is 1. The van der Waals surface area contributed by atoms with Crippen molar-refractivity contribution in [1.29, 1.82) is 5.26 Å². The number of fused-ring (bicyclic) bond motifs is 2. The Morgan fingerprint density at radius 2 is 1.89 bits per heavy atom. The van der Waals surface area contributed by atoms with Crippen molar-refractivity contribution in [3.63, 3.8) is 0 Å². The van der Waals surface area contributed by atoms with Gasteiger partial charge in [0.1, 0.15) is 0 Å². The van der Waals surface area contributed by atoms with Crippen LogP contribution in [-0.2, 0) is 5.41 Å². The Balaban J connectivity index is 1.69. The monoisotopic (exact) mass is 254 g/mol. The molecular weight excluding hydrogens is 232 g/mol. The van der Waals surface area contributed by atoms with Crippen LogP contribution in [0.5, 0.6) is 0 Å². The minimum absolute atomic E-state index is 0.398. The van der Waals surface area contributed by atoms with Crippen molar-refractivity contribution in [1.82, 2.24) is 0 Å². The van der Waals surface area contributed by atoms with Crippen LogP contribution < -0.4 is 5.32 Å². The molecule has 0 aliphatic heterocycles. The van der Waals surface area contributed by atoms with E-state index in [2.05, 4.69) is 35.7 Å². The van der Waals surface area contributed by atoms with Gasteiger partial charge in [-0.2, -0.15) is 5.26 Å². The fourth-order valence-corrected chi connectivity index (χ4v) is 3.68. The van der Waals surface area contributed by atoms with Crippen LogP contribution in [0.3, 0.4) is 0 Å². The van der Waals surface area contributed by atoms with Crippen LogP contribution in [0, 0.1) is 23.2 Å². The molecule has 19 heavy (non-hydrogen) atoms. The first-order valence-corrected chi connectivity index (χ1v) is 7.37. The molecule has 0 saturated heterocycles. The molecule has 1 aromatic rings. The Morgan fingerprint density at radius 1 is 1.16 bits per heavy atom. The van der Waals surface area contributed by atoms with Crippen LogP contribution in [0.25, 0.3) is 0 Å². The molecule has 2 bridgehead atoms. The second kappa shape index (κ2) is 4.56. The van der Waals surface area contributed by atoms with E-state index in [0.29, 0.717) is 6.04 Å². The van der Waals surface area contributed by atoms with Gasteiger partial charge < -0.3 is 5.32 Å². The van der Waals surface area contributed by atoms with Crippen LogP contribution in [0.4, 0.5) is 5.69 Å². The number of benzene rings is 1. The average molecular weight is 254 g/mol. The standard InChI is InChI=1S/C17H22N2/c1-17(2,11-18)14-5-7-15(8-6-14)19-16-10-12-3-4-13(16)9-12/h5-8,12-13,16,19H,3-4,9-10H2,1-2H3. The maximum Gasteiger partial charge on any atom is 0.0766 e. The predicted molar refractivity (Wildman–Crippen MR) is 77.9 cm³/mol. The Morgan fingerprint density at radius 3 is 2.42 bits per heavy atom. The Labute approximate surface area is 115 Å². The van der Waals surface area contributed by atoms with Gasteiger partial charge >= 0.3 is 0 Å². The van der Waals surface area contributed by atoms with Crippen molar-refractivity contribution in [2.24, 2.45) is 11.8 Å². The highest BCUT2D eigenvalue weighted by atomic mass is 14.9. The predicted octanol–water partition coefficient (Wildman–Crippen LogP) is 4.09. The van der Waals surface area contributed by atoms with Crippen LogP contribution >= 0.6 is 0 Å². The molecule has 3 unspecified atom stereocenters. The van der Waals surface area contributed by atoms with E-state index in [1.54, 1.807) is 0 Å². The Bertz CT molecular complexity index is 495. The van der Waals surface area contributed by atoms with E-state index in [0.717, 1.165) is 17.4 Å². The van der Waals surface area contributed by atoms with Gasteiger partial charge in [-0.1, -0.05) is 18.6 Å². The van der Waals surface area contributed by atoms with Crippen LogP contribution in [0.1, 0.15) is 45.1 Å².